The predicted molar refractivity (Wildman–Crippen MR) is 562 cm³/mol. The molecule has 0 bridgehead atoms. The number of carbonyl (C=O) groups is 5. The fraction of sp³-hybridized carbons (Fsp3) is 0.192. The van der Waals surface area contributed by atoms with Gasteiger partial charge in [-0.15, -0.1) is 0 Å². The van der Waals surface area contributed by atoms with E-state index in [1.54, 1.807) is 195 Å². The number of halogens is 10. The second-order valence-electron chi connectivity index (χ2n) is 27.7. The number of nitrogens with one attached hydrogen (secondary N) is 2. The number of fused-ring (bicyclic) bond motifs is 6. The third-order valence-corrected chi connectivity index (χ3v) is 22.3. The molecule has 0 aliphatic heterocycles. The number of para-hydroxylation sites is 7. The summed E-state index contributed by atoms with van der Waals surface area (Å²) in [6.45, 7) is 17.6. The summed E-state index contributed by atoms with van der Waals surface area (Å²) >= 11 is 45.5. The molecule has 3 aromatic heterocycles. The quantitative estimate of drug-likeness (QED) is 0.00588. The van der Waals surface area contributed by atoms with E-state index in [9.17, 15) is 73.2 Å². The second-order valence-corrected chi connectivity index (χ2v) is 32.4. The molecular formula is C99H91Cl7FI2N7O23. The SMILES string of the molecule is CCOC(=O)CI.CCOC(=O)Cn1c2ccccc2c(=O)c2ccc(Cl)c(OCC)c21.CCOc1c(Cl)ccc2c(=O)c3ccccc3[nH]c12.CCOc1c(Cl)ccc2c(=O)c3ccccc3n(CC(=O)O)c12.CCOc1c(Cl)cccc1Nc1ccccc1C(=O)O.CCOc1c(Cl)cccc1[N+](=O)[O-].CCOc1c(N)cccc1Cl.O=C(O)c1ccccc1I.O=[N+]([O-])c1cccc(Cl)c1F. The summed E-state index contributed by atoms with van der Waals surface area (Å²) in [6, 6.07) is 63.6. The van der Waals surface area contributed by atoms with E-state index in [0.717, 1.165) is 15.2 Å². The minimum absolute atomic E-state index is 0.0121. The Morgan fingerprint density at radius 3 is 1.26 bits per heavy atom. The first kappa shape index (κ1) is 113. The van der Waals surface area contributed by atoms with Crippen LogP contribution in [0.3, 0.4) is 0 Å². The number of anilines is 3. The first-order valence-corrected chi connectivity index (χ1v) is 47.3. The summed E-state index contributed by atoms with van der Waals surface area (Å²) in [6.07, 6.45) is 0. The number of hydrogen-bond donors (Lipinski definition) is 6. The molecule has 40 heteroatoms. The number of nitro benzene ring substituents is 2. The molecule has 0 atom stereocenters. The number of nitrogens with zero attached hydrogens (tertiary/aromatic N) is 4. The first-order valence-electron chi connectivity index (χ1n) is 42.0. The van der Waals surface area contributed by atoms with Crippen molar-refractivity contribution in [2.24, 2.45) is 0 Å². The van der Waals surface area contributed by atoms with Crippen molar-refractivity contribution in [3.63, 3.8) is 0 Å². The van der Waals surface area contributed by atoms with Crippen LogP contribution in [-0.4, -0.2) is 126 Å². The van der Waals surface area contributed by atoms with Gasteiger partial charge in [0.15, 0.2) is 45.0 Å². The molecule has 0 amide bonds. The molecule has 0 saturated heterocycles. The Hall–Kier alpha value is -13.0. The van der Waals surface area contributed by atoms with Crippen LogP contribution in [0.1, 0.15) is 76.1 Å². The molecule has 15 aromatic rings. The van der Waals surface area contributed by atoms with Crippen molar-refractivity contribution in [2.45, 2.75) is 68.5 Å². The number of nitrogen functional groups attached to an aromatic ring is 1. The number of carbonyl (C=O) groups excluding carboxylic acids is 2. The summed E-state index contributed by atoms with van der Waals surface area (Å²) in [4.78, 5) is 116. The van der Waals surface area contributed by atoms with Gasteiger partial charge in [0.2, 0.25) is 11.6 Å². The molecule has 7 N–H and O–H groups in total. The largest absolute Gasteiger partial charge is 0.490 e. The molecule has 3 heterocycles. The molecule has 0 unspecified atom stereocenters. The van der Waals surface area contributed by atoms with Crippen LogP contribution in [0, 0.1) is 29.6 Å². The van der Waals surface area contributed by atoms with Crippen molar-refractivity contribution in [1.29, 1.82) is 0 Å². The van der Waals surface area contributed by atoms with Gasteiger partial charge in [0.05, 0.1) is 174 Å². The van der Waals surface area contributed by atoms with Gasteiger partial charge in [-0.2, -0.15) is 4.39 Å². The maximum absolute atomic E-state index is 12.9. The Balaban J connectivity index is 0.000000218. The molecule has 0 aliphatic rings. The Kier molecular flexibility index (Phi) is 46.2. The highest BCUT2D eigenvalue weighted by atomic mass is 127. The Morgan fingerprint density at radius 1 is 0.403 bits per heavy atom. The van der Waals surface area contributed by atoms with Crippen LogP contribution in [-0.2, 0) is 36.9 Å². The van der Waals surface area contributed by atoms with Crippen LogP contribution in [0.15, 0.2) is 245 Å². The molecule has 15 rings (SSSR count). The molecule has 0 spiro atoms. The van der Waals surface area contributed by atoms with Crippen molar-refractivity contribution >= 4 is 250 Å². The topological polar surface area (TPSA) is 421 Å². The van der Waals surface area contributed by atoms with Gasteiger partial charge in [0, 0.05) is 37.4 Å². The van der Waals surface area contributed by atoms with Gasteiger partial charge >= 0.3 is 41.2 Å². The molecule has 0 aliphatic carbocycles. The highest BCUT2D eigenvalue weighted by Gasteiger charge is 2.24. The number of rotatable bonds is 25. The van der Waals surface area contributed by atoms with Crippen molar-refractivity contribution in [2.75, 3.05) is 68.3 Å². The number of esters is 2. The molecular weight excluding hydrogens is 2180 g/mol. The first-order chi connectivity index (χ1) is 66.5. The van der Waals surface area contributed by atoms with E-state index < -0.39 is 39.3 Å². The maximum atomic E-state index is 12.9. The van der Waals surface area contributed by atoms with Crippen molar-refractivity contribution in [3.8, 4) is 34.5 Å². The number of aromatic nitrogens is 3. The number of alkyl halides is 1. The predicted octanol–water partition coefficient (Wildman–Crippen LogP) is 25.3. The van der Waals surface area contributed by atoms with Crippen molar-refractivity contribution < 1.29 is 91.4 Å². The molecule has 12 aromatic carbocycles. The lowest BCUT2D eigenvalue weighted by molar-refractivity contribution is -0.387. The normalized spacial score (nSPS) is 10.3. The number of pyridine rings is 3. The third kappa shape index (κ3) is 31.0. The lowest BCUT2D eigenvalue weighted by Crippen LogP contribution is -2.18. The van der Waals surface area contributed by atoms with Crippen molar-refractivity contribution in [3.05, 3.63) is 337 Å². The number of ether oxygens (including phenoxy) is 8. The Bertz CT molecular complexity index is 7080. The Morgan fingerprint density at radius 2 is 0.784 bits per heavy atom. The van der Waals surface area contributed by atoms with E-state index in [-0.39, 0.29) is 75.0 Å². The number of aromatic amines is 1. The average Bonchev–Trinajstić information content (AvgIpc) is 0.744. The summed E-state index contributed by atoms with van der Waals surface area (Å²) in [7, 11) is 0. The zero-order valence-corrected chi connectivity index (χ0v) is 85.0. The van der Waals surface area contributed by atoms with Gasteiger partial charge in [-0.3, -0.25) is 49.0 Å². The van der Waals surface area contributed by atoms with Crippen LogP contribution in [0.5, 0.6) is 34.5 Å². The minimum Gasteiger partial charge on any atom is -0.490 e. The van der Waals surface area contributed by atoms with E-state index in [0.29, 0.717) is 187 Å². The summed E-state index contributed by atoms with van der Waals surface area (Å²) in [5.74, 6) is -1.90. The van der Waals surface area contributed by atoms with E-state index in [4.69, 9.17) is 125 Å². The second kappa shape index (κ2) is 56.8. The zero-order chi connectivity index (χ0) is 102. The fourth-order valence-corrected chi connectivity index (χ4v) is 15.3. The van der Waals surface area contributed by atoms with E-state index >= 15 is 0 Å². The van der Waals surface area contributed by atoms with Gasteiger partial charge in [0.1, 0.15) is 13.1 Å². The van der Waals surface area contributed by atoms with Gasteiger partial charge in [-0.25, -0.2) is 9.59 Å². The number of aromatic carboxylic acids is 2. The van der Waals surface area contributed by atoms with Crippen molar-refractivity contribution in [1.82, 2.24) is 14.1 Å². The standard InChI is InChI=1S/C19H18ClNO4.C17H14ClNO4.C15H14ClNO3.C15H12ClNO2.C8H8ClNO3.C8H10ClNO.C7H5IO2.C6H3ClFNO2.C4H7IO2/c1-3-24-16(22)11-21-15-8-6-5-7-12(15)18(23)13-9-10-14(20)19(17(13)21)25-4-2;1-2-23-17-12(18)8-7-11-15(17)19(9-14(20)21)13-6-4-3-5-10(13)16(11)22;1-2-20-14-11(16)7-5-9-13(14)17-12-8-4-3-6-10(12)15(18)19;1-2-19-15-11(16)8-7-10-13(15)17-12-6-4-3-5-9(12)14(10)18;1-2-13-8-6(9)4-3-5-7(8)10(11)12;1-2-11-8-6(9)4-3-5-7(8)10;8-6-4-2-1-3-5(6)7(9)10;7-4-2-1-3-5(6(4)8)9(10)11;1-2-7-4(6)3-5/h5-10H,3-4,11H2,1-2H3;3-8H,2,9H2,1H3,(H,20,21);3-9,17H,2H2,1H3,(H,18,19);3-8H,2H2,1H3,(H,17,18);3-5H,2H2,1H3;3-5H,2,10H2,1H3;1-4H,(H,9,10);1-3H;2-3H2,1H3. The number of H-pyrrole nitrogens is 1. The molecule has 0 fully saturated rings. The number of nitro groups is 2. The number of carboxylic acid groups (broad SMARTS) is 3. The van der Waals surface area contributed by atoms with Crippen LogP contribution in [0.25, 0.3) is 65.4 Å². The van der Waals surface area contributed by atoms with Crippen LogP contribution >= 0.6 is 126 Å². The minimum atomic E-state index is -1.01. The highest BCUT2D eigenvalue weighted by Crippen LogP contribution is 2.41. The van der Waals surface area contributed by atoms with E-state index in [1.165, 1.54) is 30.3 Å². The van der Waals surface area contributed by atoms with Crippen LogP contribution in [0.2, 0.25) is 35.2 Å². The van der Waals surface area contributed by atoms with Crippen LogP contribution in [0.4, 0.5) is 32.8 Å². The number of benzene rings is 12. The molecule has 0 saturated carbocycles. The van der Waals surface area contributed by atoms with E-state index in [2.05, 4.69) is 15.0 Å². The van der Waals surface area contributed by atoms with Gasteiger partial charge in [0.25, 0.3) is 0 Å². The summed E-state index contributed by atoms with van der Waals surface area (Å²) < 4.78 is 59.4. The average molecular weight is 2270 g/mol. The van der Waals surface area contributed by atoms with E-state index in [1.807, 2.05) is 109 Å². The lowest BCUT2D eigenvalue weighted by atomic mass is 10.1. The Labute approximate surface area is 856 Å². The number of aliphatic carboxylic acids is 1. The number of carboxylic acids is 3. The molecule has 730 valence electrons. The maximum Gasteiger partial charge on any atom is 0.337 e. The zero-order valence-electron chi connectivity index (χ0n) is 75.4. The summed E-state index contributed by atoms with van der Waals surface area (Å²) in [5.41, 5.74) is 10.4. The number of nitrogens with two attached hydrogens (primary N) is 1. The lowest BCUT2D eigenvalue weighted by Gasteiger charge is -2.18. The molecule has 139 heavy (non-hydrogen) atoms. The fourth-order valence-electron chi connectivity index (χ4n) is 13.0. The van der Waals surface area contributed by atoms with Gasteiger partial charge in [-0.05, 0) is 211 Å². The summed E-state index contributed by atoms with van der Waals surface area (Å²) in [5, 5.41) is 56.0. The third-order valence-electron chi connectivity index (χ3n) is 18.7. The monoisotopic (exact) mass is 2260 g/mol. The molecule has 30 nitrogen and oxygen atoms in total. The van der Waals surface area contributed by atoms with Gasteiger partial charge in [-0.1, -0.05) is 189 Å². The molecule has 0 radical (unpaired) electrons. The van der Waals surface area contributed by atoms with Gasteiger partial charge < -0.3 is 78.4 Å². The number of hydrogen-bond acceptors (Lipinski definition) is 22. The highest BCUT2D eigenvalue weighted by molar-refractivity contribution is 14.1. The smallest absolute Gasteiger partial charge is 0.337 e. The van der Waals surface area contributed by atoms with Crippen LogP contribution < -0.4 is 55.8 Å².